The molecule has 0 spiro atoms. The lowest BCUT2D eigenvalue weighted by Gasteiger charge is -2.29. The van der Waals surface area contributed by atoms with Gasteiger partial charge >= 0.3 is 11.9 Å². The highest BCUT2D eigenvalue weighted by molar-refractivity contribution is 5.96. The lowest BCUT2D eigenvalue weighted by Crippen LogP contribution is -2.57. The van der Waals surface area contributed by atoms with Gasteiger partial charge in [0.25, 0.3) is 0 Å². The standard InChI is InChI=1S/C21H28N4O8/c22-13(9-12-5-2-1-3-6-12)18(29)23-14(10-17(27)28)20(31)25-8-4-7-16(25)19(30)24-15(11-26)21(32)33/h1-3,5-6,13-16,26H,4,7-11,22H2,(H,23,29)(H,24,30)(H,27,28)(H,32,33). The lowest BCUT2D eigenvalue weighted by atomic mass is 10.0. The number of benzene rings is 1. The van der Waals surface area contributed by atoms with Gasteiger partial charge in [-0.25, -0.2) is 4.79 Å². The Labute approximate surface area is 189 Å². The van der Waals surface area contributed by atoms with Crippen molar-refractivity contribution < 1.29 is 39.3 Å². The van der Waals surface area contributed by atoms with E-state index < -0.39 is 66.9 Å². The van der Waals surface area contributed by atoms with Crippen molar-refractivity contribution in [1.82, 2.24) is 15.5 Å². The minimum atomic E-state index is -1.54. The zero-order valence-electron chi connectivity index (χ0n) is 17.8. The van der Waals surface area contributed by atoms with Gasteiger partial charge in [0.1, 0.15) is 18.1 Å². The highest BCUT2D eigenvalue weighted by Gasteiger charge is 2.39. The van der Waals surface area contributed by atoms with E-state index in [1.807, 2.05) is 0 Å². The Morgan fingerprint density at radius 2 is 1.73 bits per heavy atom. The number of nitrogens with zero attached hydrogens (tertiary/aromatic N) is 1. The molecule has 0 radical (unpaired) electrons. The molecule has 3 amide bonds. The molecule has 1 fully saturated rings. The molecule has 2 rings (SSSR count). The average molecular weight is 464 g/mol. The monoisotopic (exact) mass is 464 g/mol. The Balaban J connectivity index is 2.10. The molecule has 1 aromatic carbocycles. The fourth-order valence-electron chi connectivity index (χ4n) is 3.57. The summed E-state index contributed by atoms with van der Waals surface area (Å²) >= 11 is 0. The number of aliphatic hydroxyl groups excluding tert-OH is 1. The molecular formula is C21H28N4O8. The molecule has 12 heteroatoms. The summed E-state index contributed by atoms with van der Waals surface area (Å²) < 4.78 is 0. The number of hydrogen-bond donors (Lipinski definition) is 6. The second-order valence-corrected chi connectivity index (χ2v) is 7.73. The topological polar surface area (TPSA) is 199 Å². The summed E-state index contributed by atoms with van der Waals surface area (Å²) in [7, 11) is 0. The Hall–Kier alpha value is -3.51. The van der Waals surface area contributed by atoms with Crippen LogP contribution in [0, 0.1) is 0 Å². The third-order valence-corrected chi connectivity index (χ3v) is 5.26. The minimum Gasteiger partial charge on any atom is -0.481 e. The normalized spacial score (nSPS) is 18.1. The highest BCUT2D eigenvalue weighted by Crippen LogP contribution is 2.20. The molecule has 1 saturated heterocycles. The van der Waals surface area contributed by atoms with Crippen LogP contribution in [0.15, 0.2) is 30.3 Å². The van der Waals surface area contributed by atoms with E-state index >= 15 is 0 Å². The maximum atomic E-state index is 13.1. The minimum absolute atomic E-state index is 0.121. The van der Waals surface area contributed by atoms with E-state index in [-0.39, 0.29) is 19.4 Å². The predicted molar refractivity (Wildman–Crippen MR) is 114 cm³/mol. The fraction of sp³-hybridized carbons (Fsp3) is 0.476. The summed E-state index contributed by atoms with van der Waals surface area (Å²) in [5, 5.41) is 31.9. The zero-order chi connectivity index (χ0) is 24.5. The van der Waals surface area contributed by atoms with Crippen molar-refractivity contribution in [2.45, 2.75) is 49.9 Å². The van der Waals surface area contributed by atoms with E-state index in [0.717, 1.165) is 10.5 Å². The number of amides is 3. The molecule has 1 aromatic rings. The van der Waals surface area contributed by atoms with Gasteiger partial charge in [-0.3, -0.25) is 19.2 Å². The van der Waals surface area contributed by atoms with Gasteiger partial charge in [-0.05, 0) is 24.8 Å². The maximum Gasteiger partial charge on any atom is 0.328 e. The number of likely N-dealkylation sites (tertiary alicyclic amines) is 1. The van der Waals surface area contributed by atoms with Crippen LogP contribution in [0.2, 0.25) is 0 Å². The Kier molecular flexibility index (Phi) is 9.30. The van der Waals surface area contributed by atoms with Crippen LogP contribution in [-0.2, 0) is 30.4 Å². The van der Waals surface area contributed by atoms with Gasteiger partial charge in [0.15, 0.2) is 0 Å². The summed E-state index contributed by atoms with van der Waals surface area (Å²) in [4.78, 5) is 61.6. The van der Waals surface area contributed by atoms with Crippen LogP contribution in [0.25, 0.3) is 0 Å². The molecule has 0 aromatic heterocycles. The van der Waals surface area contributed by atoms with Crippen LogP contribution in [0.1, 0.15) is 24.8 Å². The van der Waals surface area contributed by atoms with E-state index in [1.54, 1.807) is 30.3 Å². The molecule has 1 aliphatic rings. The smallest absolute Gasteiger partial charge is 0.328 e. The van der Waals surface area contributed by atoms with Gasteiger partial charge in [-0.15, -0.1) is 0 Å². The Morgan fingerprint density at radius 1 is 1.06 bits per heavy atom. The first-order valence-electron chi connectivity index (χ1n) is 10.4. The third kappa shape index (κ3) is 7.26. The number of rotatable bonds is 11. The number of nitrogens with two attached hydrogens (primary N) is 1. The van der Waals surface area contributed by atoms with Gasteiger partial charge in [-0.2, -0.15) is 0 Å². The van der Waals surface area contributed by atoms with Gasteiger partial charge in [-0.1, -0.05) is 30.3 Å². The van der Waals surface area contributed by atoms with Crippen LogP contribution in [0.4, 0.5) is 0 Å². The Bertz CT molecular complexity index is 878. The van der Waals surface area contributed by atoms with Crippen molar-refractivity contribution in [2.75, 3.05) is 13.2 Å². The first kappa shape index (κ1) is 25.7. The average Bonchev–Trinajstić information content (AvgIpc) is 3.26. The molecule has 180 valence electrons. The quantitative estimate of drug-likeness (QED) is 0.216. The summed E-state index contributed by atoms with van der Waals surface area (Å²) in [5.74, 6) is -5.07. The molecule has 33 heavy (non-hydrogen) atoms. The van der Waals surface area contributed by atoms with Crippen LogP contribution in [0.3, 0.4) is 0 Å². The molecule has 7 N–H and O–H groups in total. The number of carboxylic acids is 2. The summed E-state index contributed by atoms with van der Waals surface area (Å²) in [5.41, 5.74) is 6.71. The second kappa shape index (κ2) is 11.9. The first-order chi connectivity index (χ1) is 15.6. The largest absolute Gasteiger partial charge is 0.481 e. The van der Waals surface area contributed by atoms with E-state index in [9.17, 15) is 29.1 Å². The lowest BCUT2D eigenvalue weighted by molar-refractivity contribution is -0.147. The summed E-state index contributed by atoms with van der Waals surface area (Å²) in [6.07, 6.45) is 0.0908. The Morgan fingerprint density at radius 3 is 2.30 bits per heavy atom. The van der Waals surface area contributed by atoms with Crippen molar-refractivity contribution in [2.24, 2.45) is 5.73 Å². The number of carboxylic acid groups (broad SMARTS) is 2. The molecule has 12 nitrogen and oxygen atoms in total. The van der Waals surface area contributed by atoms with Crippen LogP contribution < -0.4 is 16.4 Å². The number of carbonyl (C=O) groups is 5. The number of hydrogen-bond acceptors (Lipinski definition) is 7. The van der Waals surface area contributed by atoms with Crippen molar-refractivity contribution >= 4 is 29.7 Å². The van der Waals surface area contributed by atoms with Gasteiger partial charge in [0.2, 0.25) is 17.7 Å². The van der Waals surface area contributed by atoms with Crippen molar-refractivity contribution in [3.63, 3.8) is 0 Å². The number of aliphatic hydroxyl groups is 1. The van der Waals surface area contributed by atoms with E-state index in [4.69, 9.17) is 15.9 Å². The third-order valence-electron chi connectivity index (χ3n) is 5.26. The first-order valence-corrected chi connectivity index (χ1v) is 10.4. The predicted octanol–water partition coefficient (Wildman–Crippen LogP) is -1.93. The van der Waals surface area contributed by atoms with Gasteiger partial charge in [0, 0.05) is 6.54 Å². The van der Waals surface area contributed by atoms with Crippen LogP contribution >= 0.6 is 0 Å². The van der Waals surface area contributed by atoms with Crippen LogP contribution in [0.5, 0.6) is 0 Å². The molecule has 1 aliphatic heterocycles. The number of aliphatic carboxylic acids is 2. The van der Waals surface area contributed by atoms with Gasteiger partial charge in [0.05, 0.1) is 19.1 Å². The number of nitrogens with one attached hydrogen (secondary N) is 2. The molecule has 0 bridgehead atoms. The maximum absolute atomic E-state index is 13.1. The van der Waals surface area contributed by atoms with E-state index in [0.29, 0.717) is 6.42 Å². The molecule has 4 unspecified atom stereocenters. The molecule has 1 heterocycles. The highest BCUT2D eigenvalue weighted by atomic mass is 16.4. The molecule has 0 saturated carbocycles. The summed E-state index contributed by atoms with van der Waals surface area (Å²) in [6, 6.07) is 3.82. The van der Waals surface area contributed by atoms with Crippen molar-refractivity contribution in [1.29, 1.82) is 0 Å². The molecule has 0 aliphatic carbocycles. The molecular weight excluding hydrogens is 436 g/mol. The fourth-order valence-corrected chi connectivity index (χ4v) is 3.57. The van der Waals surface area contributed by atoms with Crippen LogP contribution in [-0.4, -0.2) is 87.2 Å². The van der Waals surface area contributed by atoms with E-state index in [1.165, 1.54) is 0 Å². The second-order valence-electron chi connectivity index (χ2n) is 7.73. The SMILES string of the molecule is NC(Cc1ccccc1)C(=O)NC(CC(=O)O)C(=O)N1CCCC1C(=O)NC(CO)C(=O)O. The van der Waals surface area contributed by atoms with Crippen molar-refractivity contribution in [3.8, 4) is 0 Å². The number of carbonyl (C=O) groups excluding carboxylic acids is 3. The summed E-state index contributed by atoms with van der Waals surface area (Å²) in [6.45, 7) is -0.714. The van der Waals surface area contributed by atoms with Crippen molar-refractivity contribution in [3.05, 3.63) is 35.9 Å². The van der Waals surface area contributed by atoms with E-state index in [2.05, 4.69) is 10.6 Å². The molecule has 4 atom stereocenters. The zero-order valence-corrected chi connectivity index (χ0v) is 17.8. The van der Waals surface area contributed by atoms with Gasteiger partial charge < -0.3 is 36.6 Å².